The maximum Gasteiger partial charge on any atom is 0.308 e. The van der Waals surface area contributed by atoms with E-state index in [0.717, 1.165) is 5.56 Å². The van der Waals surface area contributed by atoms with E-state index in [1.54, 1.807) is 43.3 Å². The third-order valence-electron chi connectivity index (χ3n) is 3.86. The van der Waals surface area contributed by atoms with Gasteiger partial charge in [0.25, 0.3) is 5.91 Å². The number of esters is 1. The van der Waals surface area contributed by atoms with Gasteiger partial charge in [0.05, 0.1) is 30.7 Å². The van der Waals surface area contributed by atoms with Crippen LogP contribution in [0.15, 0.2) is 42.5 Å². The third-order valence-corrected chi connectivity index (χ3v) is 4.39. The zero-order chi connectivity index (χ0) is 21.2. The minimum absolute atomic E-state index is 0.00470. The van der Waals surface area contributed by atoms with Gasteiger partial charge in [-0.1, -0.05) is 35.3 Å². The van der Waals surface area contributed by atoms with Crippen LogP contribution in [0.25, 0.3) is 0 Å². The standard InChI is InChI=1S/C21H23Cl2NO5/c1-3-27-16-8-5-14(6-9-16)18(12-21(26)28-4-2)24-20(25)13-29-19-10-7-15(22)11-17(19)23/h5-11,18H,3-4,12-13H2,1-2H3,(H,24,25). The normalized spacial score (nSPS) is 11.4. The van der Waals surface area contributed by atoms with E-state index in [4.69, 9.17) is 37.4 Å². The molecule has 29 heavy (non-hydrogen) atoms. The van der Waals surface area contributed by atoms with Crippen LogP contribution >= 0.6 is 23.2 Å². The van der Waals surface area contributed by atoms with E-state index in [1.165, 1.54) is 6.07 Å². The van der Waals surface area contributed by atoms with E-state index in [0.29, 0.717) is 28.2 Å². The van der Waals surface area contributed by atoms with Crippen LogP contribution in [-0.2, 0) is 14.3 Å². The highest BCUT2D eigenvalue weighted by molar-refractivity contribution is 6.35. The van der Waals surface area contributed by atoms with Gasteiger partial charge in [0.15, 0.2) is 6.61 Å². The lowest BCUT2D eigenvalue weighted by molar-refractivity contribution is -0.143. The van der Waals surface area contributed by atoms with Crippen LogP contribution in [0.5, 0.6) is 11.5 Å². The molecular formula is C21H23Cl2NO5. The lowest BCUT2D eigenvalue weighted by atomic mass is 10.0. The molecule has 0 bridgehead atoms. The van der Waals surface area contributed by atoms with Crippen LogP contribution in [0.2, 0.25) is 10.0 Å². The van der Waals surface area contributed by atoms with E-state index in [2.05, 4.69) is 5.32 Å². The number of amides is 1. The van der Waals surface area contributed by atoms with Gasteiger partial charge in [0, 0.05) is 5.02 Å². The summed E-state index contributed by atoms with van der Waals surface area (Å²) in [6, 6.07) is 11.3. The van der Waals surface area contributed by atoms with Crippen LogP contribution in [-0.4, -0.2) is 31.7 Å². The molecular weight excluding hydrogens is 417 g/mol. The highest BCUT2D eigenvalue weighted by Gasteiger charge is 2.20. The van der Waals surface area contributed by atoms with Crippen LogP contribution < -0.4 is 14.8 Å². The van der Waals surface area contributed by atoms with E-state index >= 15 is 0 Å². The fourth-order valence-corrected chi connectivity index (χ4v) is 3.04. The fraction of sp³-hybridized carbons (Fsp3) is 0.333. The maximum atomic E-state index is 12.4. The van der Waals surface area contributed by atoms with Gasteiger partial charge < -0.3 is 19.5 Å². The molecule has 2 aromatic rings. The lowest BCUT2D eigenvalue weighted by Crippen LogP contribution is -2.34. The first-order valence-corrected chi connectivity index (χ1v) is 9.94. The van der Waals surface area contributed by atoms with Gasteiger partial charge in [0.2, 0.25) is 0 Å². The predicted molar refractivity (Wildman–Crippen MR) is 112 cm³/mol. The van der Waals surface area contributed by atoms with Gasteiger partial charge in [-0.05, 0) is 49.7 Å². The van der Waals surface area contributed by atoms with E-state index < -0.39 is 17.9 Å². The number of hydrogen-bond acceptors (Lipinski definition) is 5. The second-order valence-corrected chi connectivity index (χ2v) is 6.84. The Hall–Kier alpha value is -2.44. The second kappa shape index (κ2) is 11.5. The van der Waals surface area contributed by atoms with Crippen molar-refractivity contribution in [2.24, 2.45) is 0 Å². The zero-order valence-corrected chi connectivity index (χ0v) is 17.8. The maximum absolute atomic E-state index is 12.4. The fourth-order valence-electron chi connectivity index (χ4n) is 2.57. The molecule has 0 spiro atoms. The van der Waals surface area contributed by atoms with Gasteiger partial charge >= 0.3 is 5.97 Å². The van der Waals surface area contributed by atoms with E-state index in [-0.39, 0.29) is 19.6 Å². The van der Waals surface area contributed by atoms with Gasteiger partial charge in [-0.15, -0.1) is 0 Å². The third kappa shape index (κ3) is 7.48. The average Bonchev–Trinajstić information content (AvgIpc) is 2.68. The van der Waals surface area contributed by atoms with Crippen LogP contribution in [0.4, 0.5) is 0 Å². The van der Waals surface area contributed by atoms with Crippen LogP contribution in [0.3, 0.4) is 0 Å². The molecule has 1 unspecified atom stereocenters. The summed E-state index contributed by atoms with van der Waals surface area (Å²) in [5.41, 5.74) is 0.749. The quantitative estimate of drug-likeness (QED) is 0.548. The van der Waals surface area contributed by atoms with E-state index in [9.17, 15) is 9.59 Å². The Kier molecular flexibility index (Phi) is 9.09. The first kappa shape index (κ1) is 22.8. The second-order valence-electron chi connectivity index (χ2n) is 5.99. The average molecular weight is 440 g/mol. The smallest absolute Gasteiger partial charge is 0.308 e. The van der Waals surface area contributed by atoms with Crippen molar-refractivity contribution in [3.8, 4) is 11.5 Å². The molecule has 0 aliphatic heterocycles. The minimum Gasteiger partial charge on any atom is -0.494 e. The van der Waals surface area contributed by atoms with Gasteiger partial charge in [-0.2, -0.15) is 0 Å². The summed E-state index contributed by atoms with van der Waals surface area (Å²) in [6.07, 6.45) is -0.00470. The Morgan fingerprint density at radius 1 is 1.00 bits per heavy atom. The largest absolute Gasteiger partial charge is 0.494 e. The molecule has 0 fully saturated rings. The van der Waals surface area contributed by atoms with Crippen LogP contribution in [0, 0.1) is 0 Å². The van der Waals surface area contributed by atoms with Gasteiger partial charge in [0.1, 0.15) is 11.5 Å². The van der Waals surface area contributed by atoms with Crippen molar-refractivity contribution in [1.29, 1.82) is 0 Å². The summed E-state index contributed by atoms with van der Waals surface area (Å²) in [4.78, 5) is 24.4. The monoisotopic (exact) mass is 439 g/mol. The molecule has 0 aliphatic carbocycles. The van der Waals surface area contributed by atoms with Crippen molar-refractivity contribution in [3.05, 3.63) is 58.1 Å². The topological polar surface area (TPSA) is 73.9 Å². The molecule has 0 saturated carbocycles. The molecule has 0 heterocycles. The number of nitrogens with one attached hydrogen (secondary N) is 1. The number of ether oxygens (including phenoxy) is 3. The number of benzene rings is 2. The predicted octanol–water partition coefficient (Wildman–Crippen LogP) is 4.58. The van der Waals surface area contributed by atoms with Gasteiger partial charge in [-0.25, -0.2) is 0 Å². The van der Waals surface area contributed by atoms with Crippen molar-refractivity contribution in [1.82, 2.24) is 5.32 Å². The Morgan fingerprint density at radius 2 is 1.72 bits per heavy atom. The molecule has 2 rings (SSSR count). The van der Waals surface area contributed by atoms with Crippen molar-refractivity contribution in [2.75, 3.05) is 19.8 Å². The molecule has 0 saturated heterocycles. The summed E-state index contributed by atoms with van der Waals surface area (Å²) in [6.45, 7) is 4.17. The number of rotatable bonds is 10. The summed E-state index contributed by atoms with van der Waals surface area (Å²) in [7, 11) is 0. The molecule has 1 N–H and O–H groups in total. The van der Waals surface area contributed by atoms with Crippen molar-refractivity contribution in [2.45, 2.75) is 26.3 Å². The molecule has 1 amide bonds. The summed E-state index contributed by atoms with van der Waals surface area (Å²) < 4.78 is 15.9. The molecule has 6 nitrogen and oxygen atoms in total. The minimum atomic E-state index is -0.568. The Labute approximate surface area is 180 Å². The SMILES string of the molecule is CCOC(=O)CC(NC(=O)COc1ccc(Cl)cc1Cl)c1ccc(OCC)cc1. The van der Waals surface area contributed by atoms with Crippen LogP contribution in [0.1, 0.15) is 31.9 Å². The Bertz CT molecular complexity index is 826. The number of carbonyl (C=O) groups excluding carboxylic acids is 2. The summed E-state index contributed by atoms with van der Waals surface area (Å²) in [5, 5.41) is 3.58. The van der Waals surface area contributed by atoms with Crippen molar-refractivity contribution < 1.29 is 23.8 Å². The van der Waals surface area contributed by atoms with Gasteiger partial charge in [-0.3, -0.25) is 9.59 Å². The number of hydrogen-bond donors (Lipinski definition) is 1. The summed E-state index contributed by atoms with van der Waals surface area (Å²) >= 11 is 11.9. The van der Waals surface area contributed by atoms with Crippen molar-refractivity contribution >= 4 is 35.1 Å². The summed E-state index contributed by atoms with van der Waals surface area (Å²) in [5.74, 6) is 0.236. The molecule has 0 aliphatic rings. The molecule has 8 heteroatoms. The van der Waals surface area contributed by atoms with Crippen molar-refractivity contribution in [3.63, 3.8) is 0 Å². The Balaban J connectivity index is 2.05. The Morgan fingerprint density at radius 3 is 2.34 bits per heavy atom. The zero-order valence-electron chi connectivity index (χ0n) is 16.2. The molecule has 0 aromatic heterocycles. The molecule has 2 aromatic carbocycles. The highest BCUT2D eigenvalue weighted by Crippen LogP contribution is 2.27. The highest BCUT2D eigenvalue weighted by atomic mass is 35.5. The first-order valence-electron chi connectivity index (χ1n) is 9.18. The molecule has 156 valence electrons. The van der Waals surface area contributed by atoms with E-state index in [1.807, 2.05) is 6.92 Å². The number of carbonyl (C=O) groups is 2. The molecule has 0 radical (unpaired) electrons. The lowest BCUT2D eigenvalue weighted by Gasteiger charge is -2.19. The number of halogens is 2. The first-order chi connectivity index (χ1) is 13.9. The molecule has 1 atom stereocenters.